The molecule has 28 heavy (non-hydrogen) atoms. The van der Waals surface area contributed by atoms with Crippen molar-refractivity contribution in [3.63, 3.8) is 0 Å². The van der Waals surface area contributed by atoms with E-state index in [4.69, 9.17) is 5.73 Å². The van der Waals surface area contributed by atoms with Crippen LogP contribution in [0, 0.1) is 0 Å². The normalized spacial score (nSPS) is 13.0. The van der Waals surface area contributed by atoms with Gasteiger partial charge >= 0.3 is 0 Å². The van der Waals surface area contributed by atoms with Gasteiger partial charge in [0.1, 0.15) is 5.69 Å². The molecule has 1 aliphatic heterocycles. The molecule has 2 aromatic rings. The van der Waals surface area contributed by atoms with Gasteiger partial charge in [-0.2, -0.15) is 5.10 Å². The maximum absolute atomic E-state index is 12.3. The van der Waals surface area contributed by atoms with Crippen molar-refractivity contribution in [2.45, 2.75) is 25.7 Å². The van der Waals surface area contributed by atoms with Crippen LogP contribution in [0.4, 0.5) is 5.69 Å². The lowest BCUT2D eigenvalue weighted by molar-refractivity contribution is -0.116. The molecule has 3 rings (SSSR count). The number of carbonyl (C=O) groups excluding carboxylic acids is 4. The third kappa shape index (κ3) is 3.78. The van der Waals surface area contributed by atoms with Crippen LogP contribution in [0.25, 0.3) is 0 Å². The van der Waals surface area contributed by atoms with Crippen LogP contribution >= 0.6 is 0 Å². The van der Waals surface area contributed by atoms with Gasteiger partial charge < -0.3 is 11.1 Å². The molecule has 0 unspecified atom stereocenters. The first kappa shape index (κ1) is 19.3. The number of amides is 4. The van der Waals surface area contributed by atoms with Crippen molar-refractivity contribution in [3.05, 3.63) is 47.3 Å². The highest BCUT2D eigenvalue weighted by atomic mass is 16.2. The highest BCUT2D eigenvalue weighted by molar-refractivity contribution is 6.21. The second kappa shape index (κ2) is 8.03. The summed E-state index contributed by atoms with van der Waals surface area (Å²) in [4.78, 5) is 49.2. The molecule has 9 nitrogen and oxygen atoms in total. The molecule has 1 aromatic heterocycles. The van der Waals surface area contributed by atoms with Crippen molar-refractivity contribution in [1.29, 1.82) is 0 Å². The number of hydrogen-bond acceptors (Lipinski definition) is 5. The molecule has 0 atom stereocenters. The molecule has 0 radical (unpaired) electrons. The topological polar surface area (TPSA) is 127 Å². The number of carbonyl (C=O) groups is 4. The Morgan fingerprint density at radius 2 is 1.71 bits per heavy atom. The summed E-state index contributed by atoms with van der Waals surface area (Å²) in [5, 5.41) is 6.54. The van der Waals surface area contributed by atoms with Crippen molar-refractivity contribution >= 4 is 29.3 Å². The average Bonchev–Trinajstić information content (AvgIpc) is 3.14. The molecule has 146 valence electrons. The molecule has 1 aliphatic rings. The summed E-state index contributed by atoms with van der Waals surface area (Å²) in [5.74, 6) is -1.46. The molecule has 1 aromatic carbocycles. The summed E-state index contributed by atoms with van der Waals surface area (Å²) >= 11 is 0. The third-order valence-electron chi connectivity index (χ3n) is 4.61. The minimum Gasteiger partial charge on any atom is -0.364 e. The van der Waals surface area contributed by atoms with E-state index in [1.165, 1.54) is 15.8 Å². The molecule has 2 heterocycles. The van der Waals surface area contributed by atoms with Gasteiger partial charge in [0.25, 0.3) is 17.7 Å². The van der Waals surface area contributed by atoms with Crippen LogP contribution in [0.3, 0.4) is 0 Å². The van der Waals surface area contributed by atoms with Crippen LogP contribution in [-0.2, 0) is 11.8 Å². The van der Waals surface area contributed by atoms with Crippen LogP contribution in [0.2, 0.25) is 0 Å². The Kier molecular flexibility index (Phi) is 5.53. The second-order valence-corrected chi connectivity index (χ2v) is 6.56. The standard InChI is InChI=1S/C19H21N5O4/c1-23-16(17(20)26)14(11-21-23)22-15(25)9-3-2-6-10-24-18(27)12-7-4-5-8-13(12)19(24)28/h4-5,7-8,11H,2-3,6,9-10H2,1H3,(H2,20,26)(H,22,25). The number of benzene rings is 1. The monoisotopic (exact) mass is 383 g/mol. The highest BCUT2D eigenvalue weighted by Crippen LogP contribution is 2.23. The van der Waals surface area contributed by atoms with Crippen LogP contribution in [0.15, 0.2) is 30.5 Å². The number of hydrogen-bond donors (Lipinski definition) is 2. The minimum atomic E-state index is -0.670. The van der Waals surface area contributed by atoms with E-state index in [1.807, 2.05) is 0 Å². The van der Waals surface area contributed by atoms with Gasteiger partial charge in [-0.1, -0.05) is 18.6 Å². The van der Waals surface area contributed by atoms with E-state index < -0.39 is 5.91 Å². The van der Waals surface area contributed by atoms with Crippen LogP contribution < -0.4 is 11.1 Å². The second-order valence-electron chi connectivity index (χ2n) is 6.56. The Labute approximate surface area is 161 Å². The lowest BCUT2D eigenvalue weighted by atomic mass is 10.1. The Morgan fingerprint density at radius 3 is 2.32 bits per heavy atom. The summed E-state index contributed by atoms with van der Waals surface area (Å²) < 4.78 is 1.31. The van der Waals surface area contributed by atoms with E-state index in [9.17, 15) is 19.2 Å². The Balaban J connectivity index is 1.42. The maximum Gasteiger partial charge on any atom is 0.269 e. The van der Waals surface area contributed by atoms with E-state index in [0.29, 0.717) is 36.9 Å². The quantitative estimate of drug-likeness (QED) is 0.525. The molecule has 0 aliphatic carbocycles. The fraction of sp³-hybridized carbons (Fsp3) is 0.316. The average molecular weight is 383 g/mol. The SMILES string of the molecule is Cn1ncc(NC(=O)CCCCCN2C(=O)c3ccccc3C2=O)c1C(N)=O. The first-order valence-electron chi connectivity index (χ1n) is 8.97. The zero-order chi connectivity index (χ0) is 20.3. The van der Waals surface area contributed by atoms with Crippen molar-refractivity contribution in [2.75, 3.05) is 11.9 Å². The van der Waals surface area contributed by atoms with Gasteiger partial charge in [0.15, 0.2) is 0 Å². The molecule has 9 heteroatoms. The fourth-order valence-electron chi connectivity index (χ4n) is 3.21. The zero-order valence-corrected chi connectivity index (χ0v) is 15.5. The summed E-state index contributed by atoms with van der Waals surface area (Å²) in [6, 6.07) is 6.77. The van der Waals surface area contributed by atoms with Gasteiger partial charge in [-0.05, 0) is 25.0 Å². The number of imide groups is 1. The molecule has 0 saturated carbocycles. The van der Waals surface area contributed by atoms with Crippen molar-refractivity contribution in [3.8, 4) is 0 Å². The zero-order valence-electron chi connectivity index (χ0n) is 15.5. The summed E-state index contributed by atoms with van der Waals surface area (Å²) in [6.45, 7) is 0.322. The smallest absolute Gasteiger partial charge is 0.269 e. The molecule has 0 bridgehead atoms. The number of nitrogens with one attached hydrogen (secondary N) is 1. The van der Waals surface area contributed by atoms with Crippen LogP contribution in [0.1, 0.15) is 56.9 Å². The van der Waals surface area contributed by atoms with E-state index in [-0.39, 0.29) is 35.5 Å². The van der Waals surface area contributed by atoms with Gasteiger partial charge in [0.05, 0.1) is 23.0 Å². The molecular weight excluding hydrogens is 362 g/mol. The van der Waals surface area contributed by atoms with E-state index in [1.54, 1.807) is 31.3 Å². The predicted octanol–water partition coefficient (Wildman–Crippen LogP) is 1.31. The number of fused-ring (bicyclic) bond motifs is 1. The van der Waals surface area contributed by atoms with Gasteiger partial charge in [-0.25, -0.2) is 0 Å². The number of primary amides is 1. The molecule has 3 N–H and O–H groups in total. The Morgan fingerprint density at radius 1 is 1.07 bits per heavy atom. The molecular formula is C19H21N5O4. The van der Waals surface area contributed by atoms with Crippen molar-refractivity contribution in [2.24, 2.45) is 12.8 Å². The number of nitrogens with zero attached hydrogens (tertiary/aromatic N) is 3. The van der Waals surface area contributed by atoms with Crippen LogP contribution in [-0.4, -0.2) is 44.9 Å². The lowest BCUT2D eigenvalue weighted by Crippen LogP contribution is -2.30. The van der Waals surface area contributed by atoms with Crippen LogP contribution in [0.5, 0.6) is 0 Å². The van der Waals surface area contributed by atoms with Gasteiger partial charge in [0.2, 0.25) is 5.91 Å². The molecule has 0 spiro atoms. The molecule has 4 amide bonds. The van der Waals surface area contributed by atoms with E-state index in [2.05, 4.69) is 10.4 Å². The first-order chi connectivity index (χ1) is 13.4. The summed E-state index contributed by atoms with van der Waals surface area (Å²) in [7, 11) is 1.56. The van der Waals surface area contributed by atoms with E-state index >= 15 is 0 Å². The minimum absolute atomic E-state index is 0.138. The number of anilines is 1. The maximum atomic E-state index is 12.3. The first-order valence-corrected chi connectivity index (χ1v) is 8.97. The predicted molar refractivity (Wildman–Crippen MR) is 101 cm³/mol. The van der Waals surface area contributed by atoms with E-state index in [0.717, 1.165) is 0 Å². The number of rotatable bonds is 8. The Hall–Kier alpha value is -3.49. The van der Waals surface area contributed by atoms with Gasteiger partial charge in [-0.15, -0.1) is 0 Å². The largest absolute Gasteiger partial charge is 0.364 e. The summed E-state index contributed by atoms with van der Waals surface area (Å²) in [5.41, 5.74) is 6.58. The highest BCUT2D eigenvalue weighted by Gasteiger charge is 2.34. The van der Waals surface area contributed by atoms with Gasteiger partial charge in [-0.3, -0.25) is 28.8 Å². The van der Waals surface area contributed by atoms with Crippen molar-refractivity contribution < 1.29 is 19.2 Å². The number of aryl methyl sites for hydroxylation is 1. The number of aromatic nitrogens is 2. The van der Waals surface area contributed by atoms with Gasteiger partial charge in [0, 0.05) is 20.0 Å². The lowest BCUT2D eigenvalue weighted by Gasteiger charge is -2.13. The molecule has 0 fully saturated rings. The third-order valence-corrected chi connectivity index (χ3v) is 4.61. The number of unbranched alkanes of at least 4 members (excludes halogenated alkanes) is 2. The fourth-order valence-corrected chi connectivity index (χ4v) is 3.21. The Bertz CT molecular complexity index is 915. The summed E-state index contributed by atoms with van der Waals surface area (Å²) in [6.07, 6.45) is 3.49. The number of nitrogens with two attached hydrogens (primary N) is 1. The van der Waals surface area contributed by atoms with Crippen molar-refractivity contribution in [1.82, 2.24) is 14.7 Å². The molecule has 0 saturated heterocycles.